The molecule has 0 aliphatic heterocycles. The van der Waals surface area contributed by atoms with Crippen LogP contribution in [-0.2, 0) is 16.2 Å². The summed E-state index contributed by atoms with van der Waals surface area (Å²) in [4.78, 5) is 29.7. The summed E-state index contributed by atoms with van der Waals surface area (Å²) in [6.45, 7) is 0. The summed E-state index contributed by atoms with van der Waals surface area (Å²) in [5.41, 5.74) is -3.29. The Labute approximate surface area is 149 Å². The van der Waals surface area contributed by atoms with Gasteiger partial charge in [-0.1, -0.05) is 18.2 Å². The zero-order valence-corrected chi connectivity index (χ0v) is 14.1. The van der Waals surface area contributed by atoms with Gasteiger partial charge in [-0.05, 0) is 30.3 Å². The van der Waals surface area contributed by atoms with Crippen LogP contribution in [0.3, 0.4) is 0 Å². The Hall–Kier alpha value is -3.21. The first-order chi connectivity index (χ1) is 12.6. The minimum Gasteiger partial charge on any atom is -0.319 e. The molecule has 0 radical (unpaired) electrons. The Kier molecular flexibility index (Phi) is 4.47. The maximum atomic E-state index is 12.8. The van der Waals surface area contributed by atoms with Crippen molar-refractivity contribution in [3.05, 3.63) is 70.1 Å². The zero-order chi connectivity index (χ0) is 19.8. The predicted molar refractivity (Wildman–Crippen MR) is 88.5 cm³/mol. The molecule has 0 saturated heterocycles. The Morgan fingerprint density at radius 2 is 1.74 bits per heavy atom. The Bertz CT molecular complexity index is 1190. The van der Waals surface area contributed by atoms with Gasteiger partial charge >= 0.3 is 6.18 Å². The molecule has 140 valence electrons. The van der Waals surface area contributed by atoms with Crippen molar-refractivity contribution in [3.63, 3.8) is 0 Å². The number of nitrogens with one attached hydrogen (secondary N) is 2. The van der Waals surface area contributed by atoms with Crippen LogP contribution >= 0.6 is 0 Å². The predicted octanol–water partition coefficient (Wildman–Crippen LogP) is 2.06. The maximum absolute atomic E-state index is 12.8. The number of hydrogen-bond donors (Lipinski definition) is 2. The number of benzene rings is 2. The van der Waals surface area contributed by atoms with Crippen molar-refractivity contribution >= 4 is 27.0 Å². The molecule has 1 aromatic heterocycles. The molecule has 3 rings (SSSR count). The van der Waals surface area contributed by atoms with E-state index in [1.807, 2.05) is 0 Å². The standard InChI is InChI=1S/C16H10F3N3O4S/c17-16(18,19)9-6-7-11-12(8-9)20-13(14(23)21-11)15(24)22-27(25,26)10-4-2-1-3-5-10/h1-8H,(H,21,23)(H,22,24). The number of nitrogens with zero attached hydrogens (tertiary/aromatic N) is 1. The largest absolute Gasteiger partial charge is 0.416 e. The molecule has 27 heavy (non-hydrogen) atoms. The molecule has 0 bridgehead atoms. The number of carbonyl (C=O) groups is 1. The second-order valence-electron chi connectivity index (χ2n) is 5.39. The number of fused-ring (bicyclic) bond motifs is 1. The van der Waals surface area contributed by atoms with Crippen molar-refractivity contribution < 1.29 is 26.4 Å². The molecule has 1 amide bonds. The van der Waals surface area contributed by atoms with Crippen LogP contribution in [-0.4, -0.2) is 24.3 Å². The zero-order valence-electron chi connectivity index (χ0n) is 13.2. The van der Waals surface area contributed by atoms with Crippen LogP contribution in [0.4, 0.5) is 13.2 Å². The molecule has 2 aromatic carbocycles. The topological polar surface area (TPSA) is 109 Å². The van der Waals surface area contributed by atoms with Gasteiger partial charge in [-0.25, -0.2) is 18.1 Å². The van der Waals surface area contributed by atoms with Gasteiger partial charge in [0.05, 0.1) is 21.5 Å². The van der Waals surface area contributed by atoms with E-state index in [9.17, 15) is 31.2 Å². The van der Waals surface area contributed by atoms with Gasteiger partial charge in [-0.3, -0.25) is 9.59 Å². The van der Waals surface area contributed by atoms with E-state index in [0.29, 0.717) is 6.07 Å². The van der Waals surface area contributed by atoms with Gasteiger partial charge in [-0.2, -0.15) is 13.2 Å². The molecule has 3 aromatic rings. The molecule has 0 saturated carbocycles. The van der Waals surface area contributed by atoms with E-state index in [-0.39, 0.29) is 15.9 Å². The minimum absolute atomic E-state index is 0.0320. The summed E-state index contributed by atoms with van der Waals surface area (Å²) in [6, 6.07) is 9.26. The van der Waals surface area contributed by atoms with Gasteiger partial charge in [0.15, 0.2) is 5.69 Å². The fourth-order valence-electron chi connectivity index (χ4n) is 2.24. The number of hydrogen-bond acceptors (Lipinski definition) is 5. The highest BCUT2D eigenvalue weighted by Crippen LogP contribution is 2.30. The number of H-pyrrole nitrogens is 1. The number of aromatic amines is 1. The van der Waals surface area contributed by atoms with Crippen molar-refractivity contribution in [2.24, 2.45) is 0 Å². The lowest BCUT2D eigenvalue weighted by atomic mass is 10.2. The first-order valence-electron chi connectivity index (χ1n) is 7.31. The second kappa shape index (κ2) is 6.50. The lowest BCUT2D eigenvalue weighted by Gasteiger charge is -2.09. The summed E-state index contributed by atoms with van der Waals surface area (Å²) in [7, 11) is -4.28. The molecular formula is C16H10F3N3O4S. The Morgan fingerprint density at radius 1 is 1.07 bits per heavy atom. The number of aromatic nitrogens is 2. The van der Waals surface area contributed by atoms with Gasteiger partial charge in [0.1, 0.15) is 0 Å². The molecule has 2 N–H and O–H groups in total. The highest BCUT2D eigenvalue weighted by molar-refractivity contribution is 7.90. The fraction of sp³-hybridized carbons (Fsp3) is 0.0625. The number of halogens is 3. The number of sulfonamides is 1. The van der Waals surface area contributed by atoms with Crippen LogP contribution in [0.1, 0.15) is 16.1 Å². The summed E-state index contributed by atoms with van der Waals surface area (Å²) in [6.07, 6.45) is -4.65. The lowest BCUT2D eigenvalue weighted by Crippen LogP contribution is -2.35. The molecule has 0 spiro atoms. The highest BCUT2D eigenvalue weighted by atomic mass is 32.2. The van der Waals surface area contributed by atoms with Crippen LogP contribution in [0.2, 0.25) is 0 Å². The normalized spacial score (nSPS) is 12.1. The van der Waals surface area contributed by atoms with Crippen molar-refractivity contribution in [1.82, 2.24) is 14.7 Å². The van der Waals surface area contributed by atoms with Gasteiger partial charge in [0, 0.05) is 0 Å². The third kappa shape index (κ3) is 3.82. The van der Waals surface area contributed by atoms with Crippen molar-refractivity contribution in [3.8, 4) is 0 Å². The highest BCUT2D eigenvalue weighted by Gasteiger charge is 2.31. The molecule has 0 aliphatic carbocycles. The lowest BCUT2D eigenvalue weighted by molar-refractivity contribution is -0.137. The van der Waals surface area contributed by atoms with Crippen LogP contribution in [0, 0.1) is 0 Å². The molecule has 0 unspecified atom stereocenters. The van der Waals surface area contributed by atoms with E-state index >= 15 is 0 Å². The SMILES string of the molecule is O=C(NS(=O)(=O)c1ccccc1)c1nc2cc(C(F)(F)F)ccc2[nH]c1=O. The number of carbonyl (C=O) groups excluding carboxylic acids is 1. The smallest absolute Gasteiger partial charge is 0.319 e. The van der Waals surface area contributed by atoms with Crippen LogP contribution in [0.25, 0.3) is 11.0 Å². The van der Waals surface area contributed by atoms with Gasteiger partial charge in [0.2, 0.25) is 0 Å². The summed E-state index contributed by atoms with van der Waals surface area (Å²) >= 11 is 0. The van der Waals surface area contributed by atoms with Crippen molar-refractivity contribution in [2.75, 3.05) is 0 Å². The molecular weight excluding hydrogens is 387 g/mol. The number of alkyl halides is 3. The van der Waals surface area contributed by atoms with Crippen LogP contribution < -0.4 is 10.3 Å². The van der Waals surface area contributed by atoms with E-state index in [1.165, 1.54) is 24.3 Å². The quantitative estimate of drug-likeness (QED) is 0.703. The van der Waals surface area contributed by atoms with E-state index in [0.717, 1.165) is 12.1 Å². The van der Waals surface area contributed by atoms with Crippen molar-refractivity contribution in [1.29, 1.82) is 0 Å². The van der Waals surface area contributed by atoms with E-state index in [1.54, 1.807) is 10.8 Å². The van der Waals surface area contributed by atoms with Crippen LogP contribution in [0.5, 0.6) is 0 Å². The van der Waals surface area contributed by atoms with Crippen molar-refractivity contribution in [2.45, 2.75) is 11.1 Å². The van der Waals surface area contributed by atoms with Gasteiger partial charge in [0.25, 0.3) is 21.5 Å². The summed E-state index contributed by atoms with van der Waals surface area (Å²) < 4.78 is 64.4. The Morgan fingerprint density at radius 3 is 2.37 bits per heavy atom. The van der Waals surface area contributed by atoms with E-state index in [2.05, 4.69) is 9.97 Å². The number of amides is 1. The Balaban J connectivity index is 2.01. The third-order valence-corrected chi connectivity index (χ3v) is 4.86. The summed E-state index contributed by atoms with van der Waals surface area (Å²) in [5, 5.41) is 0. The molecule has 0 aliphatic rings. The maximum Gasteiger partial charge on any atom is 0.416 e. The van der Waals surface area contributed by atoms with Gasteiger partial charge < -0.3 is 4.98 Å². The summed E-state index contributed by atoms with van der Waals surface area (Å²) in [5.74, 6) is -1.36. The number of rotatable bonds is 3. The minimum atomic E-state index is -4.65. The first-order valence-corrected chi connectivity index (χ1v) is 8.80. The van der Waals surface area contributed by atoms with E-state index < -0.39 is 38.9 Å². The molecule has 0 atom stereocenters. The fourth-order valence-corrected chi connectivity index (χ4v) is 3.22. The average molecular weight is 397 g/mol. The molecule has 1 heterocycles. The second-order valence-corrected chi connectivity index (χ2v) is 7.07. The third-order valence-electron chi connectivity index (χ3n) is 3.52. The molecule has 0 fully saturated rings. The van der Waals surface area contributed by atoms with Crippen LogP contribution in [0.15, 0.2) is 58.2 Å². The first kappa shape index (κ1) is 18.6. The monoisotopic (exact) mass is 397 g/mol. The van der Waals surface area contributed by atoms with Gasteiger partial charge in [-0.15, -0.1) is 0 Å². The molecule has 7 nitrogen and oxygen atoms in total. The van der Waals surface area contributed by atoms with E-state index in [4.69, 9.17) is 0 Å². The molecule has 11 heteroatoms. The average Bonchev–Trinajstić information content (AvgIpc) is 2.60.